The Hall–Kier alpha value is -5.04. The predicted octanol–water partition coefficient (Wildman–Crippen LogP) is 6.83. The number of pyridine rings is 1. The molecule has 2 N–H and O–H groups in total. The number of ether oxygens (including phenoxy) is 3. The average molecular weight is 747 g/mol. The number of nitrogens with one attached hydrogen (secondary N) is 1. The number of carbonyl (C=O) groups excluding carboxylic acids is 1. The van der Waals surface area contributed by atoms with Crippen molar-refractivity contribution in [1.29, 1.82) is 0 Å². The number of fused-ring (bicyclic) bond motifs is 4. The third-order valence-electron chi connectivity index (χ3n) is 10.2. The van der Waals surface area contributed by atoms with Gasteiger partial charge in [0.2, 0.25) is 0 Å². The van der Waals surface area contributed by atoms with Gasteiger partial charge in [0.15, 0.2) is 23.9 Å². The van der Waals surface area contributed by atoms with Crippen molar-refractivity contribution in [2.24, 2.45) is 5.92 Å². The van der Waals surface area contributed by atoms with Gasteiger partial charge in [-0.3, -0.25) is 14.9 Å². The number of aromatic amines is 1. The normalized spacial score (nSPS) is 18.6. The molecule has 270 valence electrons. The number of rotatable bonds is 11. The van der Waals surface area contributed by atoms with E-state index in [1.165, 1.54) is 32.7 Å². The molecule has 3 fully saturated rings. The van der Waals surface area contributed by atoms with E-state index in [0.717, 1.165) is 31.3 Å². The van der Waals surface area contributed by atoms with Crippen LogP contribution in [-0.4, -0.2) is 72.2 Å². The lowest BCUT2D eigenvalue weighted by Crippen LogP contribution is -2.53. The third kappa shape index (κ3) is 7.06. The van der Waals surface area contributed by atoms with E-state index in [1.807, 2.05) is 24.3 Å². The zero-order chi connectivity index (χ0) is 36.5. The van der Waals surface area contributed by atoms with Gasteiger partial charge in [0.1, 0.15) is 16.1 Å². The summed E-state index contributed by atoms with van der Waals surface area (Å²) in [6, 6.07) is 15.9. The van der Waals surface area contributed by atoms with E-state index in [1.54, 1.807) is 35.4 Å². The van der Waals surface area contributed by atoms with Crippen LogP contribution in [0.4, 0.5) is 10.5 Å². The van der Waals surface area contributed by atoms with Crippen LogP contribution in [0, 0.1) is 11.1 Å². The maximum atomic E-state index is 14.2. The van der Waals surface area contributed by atoms with Gasteiger partial charge in [0.25, 0.3) is 0 Å². The molecule has 3 aromatic carbocycles. The summed E-state index contributed by atoms with van der Waals surface area (Å²) < 4.78 is 17.8. The van der Waals surface area contributed by atoms with Crippen LogP contribution in [0.2, 0.25) is 10.0 Å². The Morgan fingerprint density at radius 3 is 2.48 bits per heavy atom. The number of amides is 1. The first-order valence-electron chi connectivity index (χ1n) is 16.9. The molecule has 12 nitrogen and oxygen atoms in total. The van der Waals surface area contributed by atoms with Crippen LogP contribution in [0.25, 0.3) is 10.9 Å². The third-order valence-corrected chi connectivity index (χ3v) is 10.8. The Balaban J connectivity index is 1.32. The fourth-order valence-corrected chi connectivity index (χ4v) is 8.05. The number of hydrogen-bond acceptors (Lipinski definition) is 8. The van der Waals surface area contributed by atoms with Crippen molar-refractivity contribution < 1.29 is 33.6 Å². The Morgan fingerprint density at radius 2 is 1.81 bits per heavy atom. The number of H-pyrrole nitrogens is 1. The molecule has 2 aromatic heterocycles. The van der Waals surface area contributed by atoms with Crippen LogP contribution in [0.1, 0.15) is 51.4 Å². The maximum Gasteiger partial charge on any atom is 0.414 e. The van der Waals surface area contributed by atoms with E-state index >= 15 is 0 Å². The highest BCUT2D eigenvalue weighted by atomic mass is 35.5. The molecule has 1 amide bonds. The average Bonchev–Trinajstić information content (AvgIpc) is 3.63. The Morgan fingerprint density at radius 1 is 1.06 bits per heavy atom. The molecule has 5 aromatic rings. The van der Waals surface area contributed by atoms with Crippen molar-refractivity contribution in [3.05, 3.63) is 116 Å². The zero-order valence-electron chi connectivity index (χ0n) is 28.6. The fraction of sp³-hybridized carbons (Fsp3) is 0.316. The molecule has 0 unspecified atom stereocenters. The maximum absolute atomic E-state index is 14.2. The molecule has 52 heavy (non-hydrogen) atoms. The lowest BCUT2D eigenvalue weighted by atomic mass is 9.82. The smallest absolute Gasteiger partial charge is 0.414 e. The summed E-state index contributed by atoms with van der Waals surface area (Å²) >= 11 is 13.1. The SMILES string of the molecule is COc1ccc([C@H](Cc2c(Cl)c[n+]([O-])cc2Cl)c2cc(CN(C(=O)O[C@H]3CN4CCC3CC4)c3cccc4cn[nH]c34)ccc2C(=O)O)cc1OC. The van der Waals surface area contributed by atoms with E-state index in [4.69, 9.17) is 37.4 Å². The largest absolute Gasteiger partial charge is 0.619 e. The quantitative estimate of drug-likeness (QED) is 0.110. The molecule has 0 saturated carbocycles. The van der Waals surface area contributed by atoms with E-state index in [9.17, 15) is 19.9 Å². The molecular formula is C38H37Cl2N5O7. The van der Waals surface area contributed by atoms with Crippen LogP contribution in [0.3, 0.4) is 0 Å². The van der Waals surface area contributed by atoms with Gasteiger partial charge in [-0.1, -0.05) is 53.5 Å². The van der Waals surface area contributed by atoms with Crippen LogP contribution < -0.4 is 19.1 Å². The van der Waals surface area contributed by atoms with Gasteiger partial charge in [0.05, 0.1) is 43.7 Å². The summed E-state index contributed by atoms with van der Waals surface area (Å²) in [6.07, 6.45) is 5.47. The summed E-state index contributed by atoms with van der Waals surface area (Å²) in [5, 5.41) is 30.9. The summed E-state index contributed by atoms with van der Waals surface area (Å²) in [4.78, 5) is 31.0. The molecule has 5 heterocycles. The second-order valence-electron chi connectivity index (χ2n) is 13.1. The van der Waals surface area contributed by atoms with Crippen molar-refractivity contribution in [2.45, 2.75) is 37.8 Å². The second kappa shape index (κ2) is 14.9. The van der Waals surface area contributed by atoms with Gasteiger partial charge in [-0.15, -0.1) is 0 Å². The fourth-order valence-electron chi connectivity index (χ4n) is 7.45. The number of aromatic carboxylic acids is 1. The minimum Gasteiger partial charge on any atom is -0.619 e. The molecule has 14 heteroatoms. The number of piperidine rings is 3. The van der Waals surface area contributed by atoms with Crippen LogP contribution in [0.15, 0.2) is 73.2 Å². The highest BCUT2D eigenvalue weighted by Crippen LogP contribution is 2.40. The first kappa shape index (κ1) is 35.4. The van der Waals surface area contributed by atoms with E-state index in [-0.39, 0.29) is 34.7 Å². The topological polar surface area (TPSA) is 144 Å². The molecule has 8 rings (SSSR count). The van der Waals surface area contributed by atoms with Gasteiger partial charge in [0, 0.05) is 23.4 Å². The number of carboxylic acids is 1. The van der Waals surface area contributed by atoms with E-state index in [2.05, 4.69) is 15.1 Å². The Kier molecular flexibility index (Phi) is 10.1. The number of para-hydroxylation sites is 1. The molecule has 0 spiro atoms. The van der Waals surface area contributed by atoms with Crippen molar-refractivity contribution in [1.82, 2.24) is 15.1 Å². The van der Waals surface area contributed by atoms with E-state index < -0.39 is 18.0 Å². The lowest BCUT2D eigenvalue weighted by Gasteiger charge is -2.44. The number of anilines is 1. The first-order chi connectivity index (χ1) is 25.1. The summed E-state index contributed by atoms with van der Waals surface area (Å²) in [5.41, 5.74) is 3.53. The van der Waals surface area contributed by atoms with Crippen LogP contribution in [0.5, 0.6) is 11.5 Å². The minimum atomic E-state index is -1.14. The molecule has 3 aliphatic rings. The molecule has 2 bridgehead atoms. The number of carboxylic acid groups (broad SMARTS) is 1. The minimum absolute atomic E-state index is 0.0441. The van der Waals surface area contributed by atoms with Gasteiger partial charge in [-0.25, -0.2) is 9.59 Å². The Bertz CT molecular complexity index is 2110. The lowest BCUT2D eigenvalue weighted by molar-refractivity contribution is -0.605. The Labute approximate surface area is 310 Å². The van der Waals surface area contributed by atoms with Gasteiger partial charge in [-0.2, -0.15) is 9.83 Å². The molecule has 3 saturated heterocycles. The summed E-state index contributed by atoms with van der Waals surface area (Å²) in [6.45, 7) is 2.77. The number of halogens is 2. The number of aromatic nitrogens is 3. The number of carbonyl (C=O) groups is 2. The first-order valence-corrected chi connectivity index (χ1v) is 17.7. The summed E-state index contributed by atoms with van der Waals surface area (Å²) in [7, 11) is 3.04. The van der Waals surface area contributed by atoms with Gasteiger partial charge < -0.3 is 24.5 Å². The predicted molar refractivity (Wildman–Crippen MR) is 196 cm³/mol. The van der Waals surface area contributed by atoms with Crippen molar-refractivity contribution >= 4 is 51.9 Å². The van der Waals surface area contributed by atoms with Gasteiger partial charge >= 0.3 is 12.1 Å². The molecule has 0 radical (unpaired) electrons. The number of hydrogen-bond donors (Lipinski definition) is 2. The second-order valence-corrected chi connectivity index (χ2v) is 14.0. The monoisotopic (exact) mass is 745 g/mol. The molecule has 3 aliphatic heterocycles. The van der Waals surface area contributed by atoms with Gasteiger partial charge in [-0.05, 0) is 79.2 Å². The number of benzene rings is 3. The summed E-state index contributed by atoms with van der Waals surface area (Å²) in [5.74, 6) is -0.558. The zero-order valence-corrected chi connectivity index (χ0v) is 30.1. The highest BCUT2D eigenvalue weighted by Gasteiger charge is 2.38. The van der Waals surface area contributed by atoms with Crippen molar-refractivity contribution in [3.8, 4) is 11.5 Å². The molecule has 0 aliphatic carbocycles. The van der Waals surface area contributed by atoms with Crippen molar-refractivity contribution in [3.63, 3.8) is 0 Å². The highest BCUT2D eigenvalue weighted by molar-refractivity contribution is 6.35. The standard InChI is InChI=1S/C38H37Cl2N5O7/c1-50-33-9-7-24(15-34(33)51-2)27(16-29-30(39)19-44(49)20-31(29)40)28-14-22(6-8-26(28)37(46)47)18-45(32-5-3-4-25-17-41-42-36(25)32)38(48)52-35-21-43-12-10-23(35)11-13-43/h3-9,14-15,17,19-20,23,27,35H,10-13,16,18,21H2,1-2H3,(H,41,42)(H,46,47)/t27-,35-/m0/s1. The van der Waals surface area contributed by atoms with Crippen LogP contribution >= 0.6 is 23.2 Å². The van der Waals surface area contributed by atoms with E-state index in [0.29, 0.717) is 62.1 Å². The van der Waals surface area contributed by atoms with Crippen molar-refractivity contribution in [2.75, 3.05) is 38.8 Å². The number of nitrogens with zero attached hydrogens (tertiary/aromatic N) is 4. The molecular weight excluding hydrogens is 709 g/mol. The number of methoxy groups -OCH3 is 2. The molecule has 2 atom stereocenters. The van der Waals surface area contributed by atoms with Crippen LogP contribution in [-0.2, 0) is 17.7 Å².